The lowest BCUT2D eigenvalue weighted by Gasteiger charge is -2.45. The zero-order chi connectivity index (χ0) is 13.8. The van der Waals surface area contributed by atoms with Crippen LogP contribution in [-0.4, -0.2) is 28.2 Å². The van der Waals surface area contributed by atoms with E-state index in [2.05, 4.69) is 0 Å². The molecular formula is C16H22O3. The molecule has 0 aliphatic heterocycles. The van der Waals surface area contributed by atoms with Crippen molar-refractivity contribution in [2.24, 2.45) is 23.2 Å². The van der Waals surface area contributed by atoms with Gasteiger partial charge in [-0.3, -0.25) is 4.79 Å². The van der Waals surface area contributed by atoms with Crippen LogP contribution < -0.4 is 0 Å². The van der Waals surface area contributed by atoms with E-state index < -0.39 is 17.6 Å². The molecule has 0 aromatic carbocycles. The monoisotopic (exact) mass is 262 g/mol. The van der Waals surface area contributed by atoms with Crippen molar-refractivity contribution in [1.82, 2.24) is 0 Å². The summed E-state index contributed by atoms with van der Waals surface area (Å²) in [6, 6.07) is 0. The second-order valence-electron chi connectivity index (χ2n) is 6.48. The van der Waals surface area contributed by atoms with Crippen LogP contribution in [0.5, 0.6) is 0 Å². The molecule has 0 saturated heterocycles. The Morgan fingerprint density at radius 1 is 1.32 bits per heavy atom. The Morgan fingerprint density at radius 2 is 2.05 bits per heavy atom. The Labute approximate surface area is 114 Å². The summed E-state index contributed by atoms with van der Waals surface area (Å²) in [6.07, 6.45) is 7.05. The summed E-state index contributed by atoms with van der Waals surface area (Å²) in [5, 5.41) is 20.7. The molecule has 0 aromatic heterocycles. The van der Waals surface area contributed by atoms with Gasteiger partial charge in [-0.2, -0.15) is 0 Å². The molecule has 1 saturated carbocycles. The van der Waals surface area contributed by atoms with Gasteiger partial charge in [0.25, 0.3) is 0 Å². The smallest absolute Gasteiger partial charge is 0.143 e. The van der Waals surface area contributed by atoms with Crippen LogP contribution in [0.1, 0.15) is 33.1 Å². The van der Waals surface area contributed by atoms with Crippen molar-refractivity contribution in [1.29, 1.82) is 0 Å². The fraction of sp³-hybridized carbons (Fsp3) is 0.688. The highest BCUT2D eigenvalue weighted by atomic mass is 16.3. The molecule has 0 heterocycles. The van der Waals surface area contributed by atoms with Gasteiger partial charge in [0.05, 0.1) is 12.2 Å². The minimum atomic E-state index is -0.591. The van der Waals surface area contributed by atoms with Crippen molar-refractivity contribution in [3.05, 3.63) is 23.8 Å². The van der Waals surface area contributed by atoms with E-state index in [9.17, 15) is 15.0 Å². The number of hydrogen-bond donors (Lipinski definition) is 2. The highest BCUT2D eigenvalue weighted by molar-refractivity contribution is 5.89. The standard InChI is InChI=1S/C16H22O3/c1-9-4-3-5-11-14(18)10(2)8-12-13(17)6-7-16(11,12)15(9)19/h3,5,8-9,11-14,17-18H,4,6-7H2,1-2H3/t9-,11?,12+,13?,14+,16-/m1/s1. The quantitative estimate of drug-likeness (QED) is 0.655. The molecule has 1 spiro atoms. The Bertz CT molecular complexity index is 465. The van der Waals surface area contributed by atoms with Crippen LogP contribution in [0.3, 0.4) is 0 Å². The molecule has 6 atom stereocenters. The van der Waals surface area contributed by atoms with Crippen molar-refractivity contribution in [2.45, 2.75) is 45.3 Å². The number of aliphatic hydroxyl groups is 2. The van der Waals surface area contributed by atoms with E-state index in [0.717, 1.165) is 12.0 Å². The maximum absolute atomic E-state index is 12.9. The van der Waals surface area contributed by atoms with Crippen molar-refractivity contribution < 1.29 is 15.0 Å². The van der Waals surface area contributed by atoms with Crippen LogP contribution >= 0.6 is 0 Å². The van der Waals surface area contributed by atoms with Gasteiger partial charge in [0, 0.05) is 23.2 Å². The first kappa shape index (κ1) is 13.1. The summed E-state index contributed by atoms with van der Waals surface area (Å²) in [7, 11) is 0. The molecule has 19 heavy (non-hydrogen) atoms. The molecule has 0 aromatic rings. The van der Waals surface area contributed by atoms with Crippen LogP contribution in [0.25, 0.3) is 0 Å². The van der Waals surface area contributed by atoms with E-state index in [-0.39, 0.29) is 23.5 Å². The lowest BCUT2D eigenvalue weighted by atomic mass is 9.58. The van der Waals surface area contributed by atoms with Crippen molar-refractivity contribution in [3.8, 4) is 0 Å². The Kier molecular flexibility index (Phi) is 2.95. The van der Waals surface area contributed by atoms with Gasteiger partial charge in [-0.25, -0.2) is 0 Å². The molecule has 3 aliphatic rings. The molecule has 0 bridgehead atoms. The number of aliphatic hydroxyl groups excluding tert-OH is 2. The number of carbonyl (C=O) groups is 1. The molecule has 2 unspecified atom stereocenters. The molecular weight excluding hydrogens is 240 g/mol. The molecule has 3 heteroatoms. The van der Waals surface area contributed by atoms with Gasteiger partial charge in [0.2, 0.25) is 0 Å². The predicted octanol–water partition coefficient (Wildman–Crippen LogP) is 1.85. The molecule has 3 nitrogen and oxygen atoms in total. The van der Waals surface area contributed by atoms with Gasteiger partial charge in [-0.05, 0) is 31.8 Å². The number of carbonyl (C=O) groups excluding carboxylic acids is 1. The van der Waals surface area contributed by atoms with Crippen molar-refractivity contribution in [3.63, 3.8) is 0 Å². The molecule has 3 rings (SSSR count). The predicted molar refractivity (Wildman–Crippen MR) is 72.3 cm³/mol. The van der Waals surface area contributed by atoms with E-state index in [1.807, 2.05) is 32.1 Å². The zero-order valence-electron chi connectivity index (χ0n) is 11.5. The lowest BCUT2D eigenvalue weighted by Crippen LogP contribution is -2.51. The van der Waals surface area contributed by atoms with Gasteiger partial charge in [-0.15, -0.1) is 0 Å². The molecule has 3 aliphatic carbocycles. The summed E-state index contributed by atoms with van der Waals surface area (Å²) in [4.78, 5) is 12.9. The fourth-order valence-electron chi connectivity index (χ4n) is 4.40. The first-order valence-corrected chi connectivity index (χ1v) is 7.24. The van der Waals surface area contributed by atoms with Gasteiger partial charge in [-0.1, -0.05) is 25.2 Å². The molecule has 0 amide bonds. The third kappa shape index (κ3) is 1.61. The van der Waals surface area contributed by atoms with E-state index in [1.165, 1.54) is 0 Å². The Balaban J connectivity index is 2.17. The lowest BCUT2D eigenvalue weighted by molar-refractivity contribution is -0.140. The van der Waals surface area contributed by atoms with Crippen LogP contribution in [-0.2, 0) is 4.79 Å². The second kappa shape index (κ2) is 4.29. The van der Waals surface area contributed by atoms with Gasteiger partial charge < -0.3 is 10.2 Å². The number of hydrogen-bond acceptors (Lipinski definition) is 3. The average molecular weight is 262 g/mol. The van der Waals surface area contributed by atoms with E-state index in [1.54, 1.807) is 0 Å². The van der Waals surface area contributed by atoms with E-state index in [0.29, 0.717) is 12.8 Å². The number of ketones is 1. The molecule has 0 radical (unpaired) electrons. The summed E-state index contributed by atoms with van der Waals surface area (Å²) in [5.74, 6) is -0.0874. The zero-order valence-corrected chi connectivity index (χ0v) is 11.5. The SMILES string of the molecule is CC1=C[C@H]2C(O)CC[C@]23C(=O)[C@H](C)CC=CC3[C@H]1O. The maximum Gasteiger partial charge on any atom is 0.143 e. The van der Waals surface area contributed by atoms with Crippen LogP contribution in [0.4, 0.5) is 0 Å². The highest BCUT2D eigenvalue weighted by Gasteiger charge is 2.60. The van der Waals surface area contributed by atoms with Crippen molar-refractivity contribution >= 4 is 5.78 Å². The number of Topliss-reactive ketones (excluding diaryl/α,β-unsaturated/α-hetero) is 1. The highest BCUT2D eigenvalue weighted by Crippen LogP contribution is 2.57. The van der Waals surface area contributed by atoms with Crippen molar-refractivity contribution in [2.75, 3.05) is 0 Å². The topological polar surface area (TPSA) is 57.5 Å². The summed E-state index contributed by atoms with van der Waals surface area (Å²) in [6.45, 7) is 3.86. The maximum atomic E-state index is 12.9. The normalized spacial score (nSPS) is 49.4. The Morgan fingerprint density at radius 3 is 2.79 bits per heavy atom. The third-order valence-corrected chi connectivity index (χ3v) is 5.45. The third-order valence-electron chi connectivity index (χ3n) is 5.45. The summed E-state index contributed by atoms with van der Waals surface area (Å²) >= 11 is 0. The largest absolute Gasteiger partial charge is 0.392 e. The minimum Gasteiger partial charge on any atom is -0.392 e. The number of allylic oxidation sites excluding steroid dienone is 1. The van der Waals surface area contributed by atoms with Gasteiger partial charge in [0.15, 0.2) is 0 Å². The summed E-state index contributed by atoms with van der Waals surface area (Å²) in [5.41, 5.74) is 0.309. The van der Waals surface area contributed by atoms with E-state index in [4.69, 9.17) is 0 Å². The van der Waals surface area contributed by atoms with Crippen LogP contribution in [0.2, 0.25) is 0 Å². The van der Waals surface area contributed by atoms with Crippen LogP contribution in [0.15, 0.2) is 23.8 Å². The van der Waals surface area contributed by atoms with E-state index >= 15 is 0 Å². The first-order chi connectivity index (χ1) is 8.98. The second-order valence-corrected chi connectivity index (χ2v) is 6.48. The minimum absolute atomic E-state index is 0.0203. The fourth-order valence-corrected chi connectivity index (χ4v) is 4.40. The summed E-state index contributed by atoms with van der Waals surface area (Å²) < 4.78 is 0. The number of rotatable bonds is 0. The van der Waals surface area contributed by atoms with Gasteiger partial charge >= 0.3 is 0 Å². The van der Waals surface area contributed by atoms with Crippen LogP contribution in [0, 0.1) is 23.2 Å². The van der Waals surface area contributed by atoms with Gasteiger partial charge in [0.1, 0.15) is 5.78 Å². The molecule has 2 N–H and O–H groups in total. The first-order valence-electron chi connectivity index (χ1n) is 7.24. The average Bonchev–Trinajstić information content (AvgIpc) is 2.64. The Hall–Kier alpha value is -0.930. The molecule has 1 fully saturated rings. The molecule has 104 valence electrons.